The van der Waals surface area contributed by atoms with Crippen LogP contribution in [0.5, 0.6) is 0 Å². The Balaban J connectivity index is 0. The van der Waals surface area contributed by atoms with Crippen molar-refractivity contribution in [2.75, 3.05) is 6.61 Å². The lowest BCUT2D eigenvalue weighted by Crippen LogP contribution is -2.05. The van der Waals surface area contributed by atoms with Crippen LogP contribution in [0.1, 0.15) is 90.9 Å². The molecular formula is C18H35FO2. The molecule has 0 aliphatic rings. The van der Waals surface area contributed by atoms with Gasteiger partial charge in [-0.3, -0.25) is 4.70 Å². The molecule has 0 saturated heterocycles. The summed E-state index contributed by atoms with van der Waals surface area (Å²) in [5.41, 5.74) is 0.490. The van der Waals surface area contributed by atoms with Gasteiger partial charge in [0.15, 0.2) is 0 Å². The Morgan fingerprint density at radius 3 is 1.57 bits per heavy atom. The SMILES string of the molecule is C=C(C)C(=O)OCCCCCCCCCCCCCC.F. The molecule has 0 fully saturated rings. The normalized spacial score (nSPS) is 10.0. The summed E-state index contributed by atoms with van der Waals surface area (Å²) in [6.45, 7) is 8.05. The summed E-state index contributed by atoms with van der Waals surface area (Å²) in [6.07, 6.45) is 15.9. The molecule has 2 nitrogen and oxygen atoms in total. The molecule has 0 spiro atoms. The van der Waals surface area contributed by atoms with Crippen molar-refractivity contribution in [1.29, 1.82) is 0 Å². The van der Waals surface area contributed by atoms with Crippen molar-refractivity contribution in [3.8, 4) is 0 Å². The summed E-state index contributed by atoms with van der Waals surface area (Å²) < 4.78 is 5.06. The lowest BCUT2D eigenvalue weighted by Gasteiger charge is -2.04. The second kappa shape index (κ2) is 17.2. The van der Waals surface area contributed by atoms with Gasteiger partial charge in [-0.05, 0) is 13.3 Å². The van der Waals surface area contributed by atoms with Crippen molar-refractivity contribution in [2.45, 2.75) is 90.9 Å². The minimum atomic E-state index is -0.256. The average Bonchev–Trinajstić information content (AvgIpc) is 2.43. The average molecular weight is 302 g/mol. The van der Waals surface area contributed by atoms with Crippen LogP contribution in [0.3, 0.4) is 0 Å². The van der Waals surface area contributed by atoms with Crippen LogP contribution in [-0.4, -0.2) is 12.6 Å². The Bertz CT molecular complexity index is 252. The molecule has 126 valence electrons. The van der Waals surface area contributed by atoms with Gasteiger partial charge in [-0.15, -0.1) is 0 Å². The molecule has 0 aromatic carbocycles. The van der Waals surface area contributed by atoms with Gasteiger partial charge in [0.05, 0.1) is 6.61 Å². The van der Waals surface area contributed by atoms with E-state index in [0.29, 0.717) is 12.2 Å². The highest BCUT2D eigenvalue weighted by Crippen LogP contribution is 2.11. The fraction of sp³-hybridized carbons (Fsp3) is 0.833. The third-order valence-electron chi connectivity index (χ3n) is 3.58. The molecule has 0 amide bonds. The van der Waals surface area contributed by atoms with Crippen LogP contribution in [0.25, 0.3) is 0 Å². The Morgan fingerprint density at radius 2 is 1.19 bits per heavy atom. The van der Waals surface area contributed by atoms with Crippen LogP contribution in [-0.2, 0) is 9.53 Å². The minimum absolute atomic E-state index is 0. The van der Waals surface area contributed by atoms with Crippen LogP contribution < -0.4 is 0 Å². The van der Waals surface area contributed by atoms with Gasteiger partial charge in [-0.1, -0.05) is 84.1 Å². The Kier molecular flexibility index (Phi) is 18.4. The predicted molar refractivity (Wildman–Crippen MR) is 89.4 cm³/mol. The first kappa shape index (κ1) is 22.4. The molecule has 0 aromatic rings. The second-order valence-corrected chi connectivity index (χ2v) is 5.81. The lowest BCUT2D eigenvalue weighted by molar-refractivity contribution is -0.139. The molecule has 0 radical (unpaired) electrons. The van der Waals surface area contributed by atoms with Crippen molar-refractivity contribution in [3.63, 3.8) is 0 Å². The van der Waals surface area contributed by atoms with Crippen LogP contribution in [0.4, 0.5) is 4.70 Å². The van der Waals surface area contributed by atoms with E-state index in [-0.39, 0.29) is 10.7 Å². The highest BCUT2D eigenvalue weighted by Gasteiger charge is 2.01. The van der Waals surface area contributed by atoms with Gasteiger partial charge >= 0.3 is 5.97 Å². The smallest absolute Gasteiger partial charge is 0.333 e. The molecule has 0 aliphatic heterocycles. The fourth-order valence-electron chi connectivity index (χ4n) is 2.23. The summed E-state index contributed by atoms with van der Waals surface area (Å²) in [5, 5.41) is 0. The molecule has 0 rings (SSSR count). The number of hydrogen-bond donors (Lipinski definition) is 0. The number of carbonyl (C=O) groups is 1. The highest BCUT2D eigenvalue weighted by molar-refractivity contribution is 5.86. The summed E-state index contributed by atoms with van der Waals surface area (Å²) in [6, 6.07) is 0. The monoisotopic (exact) mass is 302 g/mol. The zero-order valence-corrected chi connectivity index (χ0v) is 14.1. The van der Waals surface area contributed by atoms with Gasteiger partial charge in [0.25, 0.3) is 0 Å². The quantitative estimate of drug-likeness (QED) is 0.225. The highest BCUT2D eigenvalue weighted by atomic mass is 19.0. The van der Waals surface area contributed by atoms with Crippen molar-refractivity contribution < 1.29 is 14.2 Å². The van der Waals surface area contributed by atoms with Gasteiger partial charge in [-0.2, -0.15) is 0 Å². The number of ether oxygens (including phenoxy) is 1. The van der Waals surface area contributed by atoms with E-state index in [1.165, 1.54) is 70.6 Å². The summed E-state index contributed by atoms with van der Waals surface area (Å²) in [4.78, 5) is 11.1. The summed E-state index contributed by atoms with van der Waals surface area (Å²) in [5.74, 6) is -0.256. The second-order valence-electron chi connectivity index (χ2n) is 5.81. The van der Waals surface area contributed by atoms with Crippen molar-refractivity contribution >= 4 is 5.97 Å². The maximum atomic E-state index is 11.1. The van der Waals surface area contributed by atoms with Gasteiger partial charge in [0.2, 0.25) is 0 Å². The Labute approximate surface area is 130 Å². The third-order valence-corrected chi connectivity index (χ3v) is 3.58. The van der Waals surface area contributed by atoms with Crippen LogP contribution in [0.15, 0.2) is 12.2 Å². The molecule has 0 N–H and O–H groups in total. The number of halogens is 1. The van der Waals surface area contributed by atoms with Crippen LogP contribution >= 0.6 is 0 Å². The van der Waals surface area contributed by atoms with E-state index in [9.17, 15) is 4.79 Å². The molecule has 0 atom stereocenters. The van der Waals surface area contributed by atoms with Gasteiger partial charge < -0.3 is 4.74 Å². The van der Waals surface area contributed by atoms with Crippen molar-refractivity contribution in [2.24, 2.45) is 0 Å². The van der Waals surface area contributed by atoms with Crippen LogP contribution in [0.2, 0.25) is 0 Å². The topological polar surface area (TPSA) is 26.3 Å². The minimum Gasteiger partial charge on any atom is -0.462 e. The lowest BCUT2D eigenvalue weighted by atomic mass is 10.1. The summed E-state index contributed by atoms with van der Waals surface area (Å²) >= 11 is 0. The number of esters is 1. The Hall–Kier alpha value is -0.860. The van der Waals surface area contributed by atoms with Gasteiger partial charge in [-0.25, -0.2) is 4.79 Å². The maximum Gasteiger partial charge on any atom is 0.333 e. The standard InChI is InChI=1S/C18H34O2.FH/c1-4-5-6-7-8-9-10-11-12-13-14-15-16-20-18(19)17(2)3;/h2,4-16H2,1,3H3;1H. The fourth-order valence-corrected chi connectivity index (χ4v) is 2.23. The molecular weight excluding hydrogens is 267 g/mol. The molecule has 0 unspecified atom stereocenters. The molecule has 0 saturated carbocycles. The molecule has 0 heterocycles. The number of unbranched alkanes of at least 4 members (excludes halogenated alkanes) is 11. The zero-order chi connectivity index (χ0) is 15.1. The third kappa shape index (κ3) is 17.1. The van der Waals surface area contributed by atoms with E-state index < -0.39 is 0 Å². The van der Waals surface area contributed by atoms with Crippen molar-refractivity contribution in [1.82, 2.24) is 0 Å². The van der Waals surface area contributed by atoms with E-state index in [1.807, 2.05) is 0 Å². The molecule has 3 heteroatoms. The van der Waals surface area contributed by atoms with E-state index in [0.717, 1.165) is 6.42 Å². The predicted octanol–water partition coefficient (Wildman–Crippen LogP) is 5.96. The zero-order valence-electron chi connectivity index (χ0n) is 14.1. The number of carbonyl (C=O) groups excluding carboxylic acids is 1. The molecule has 21 heavy (non-hydrogen) atoms. The van der Waals surface area contributed by atoms with Gasteiger partial charge in [0.1, 0.15) is 0 Å². The Morgan fingerprint density at radius 1 is 0.810 bits per heavy atom. The van der Waals surface area contributed by atoms with E-state index in [2.05, 4.69) is 13.5 Å². The van der Waals surface area contributed by atoms with E-state index in [1.54, 1.807) is 6.92 Å². The first-order valence-corrected chi connectivity index (χ1v) is 8.51. The van der Waals surface area contributed by atoms with E-state index >= 15 is 0 Å². The molecule has 0 aliphatic carbocycles. The molecule has 0 aromatic heterocycles. The van der Waals surface area contributed by atoms with Gasteiger partial charge in [0, 0.05) is 5.57 Å². The number of hydrogen-bond acceptors (Lipinski definition) is 2. The van der Waals surface area contributed by atoms with Crippen molar-refractivity contribution in [3.05, 3.63) is 12.2 Å². The first-order valence-electron chi connectivity index (χ1n) is 8.51. The maximum absolute atomic E-state index is 11.1. The largest absolute Gasteiger partial charge is 0.462 e. The van der Waals surface area contributed by atoms with Crippen LogP contribution in [0, 0.1) is 0 Å². The summed E-state index contributed by atoms with van der Waals surface area (Å²) in [7, 11) is 0. The van der Waals surface area contributed by atoms with E-state index in [4.69, 9.17) is 4.74 Å². The molecule has 0 bridgehead atoms. The number of rotatable bonds is 14. The first-order chi connectivity index (χ1) is 9.68.